The summed E-state index contributed by atoms with van der Waals surface area (Å²) in [7, 11) is 0. The minimum absolute atomic E-state index is 0.161. The van der Waals surface area contributed by atoms with Gasteiger partial charge in [0.05, 0.1) is 39.0 Å². The van der Waals surface area contributed by atoms with Gasteiger partial charge >= 0.3 is 11.9 Å². The van der Waals surface area contributed by atoms with E-state index in [4.69, 9.17) is 21.7 Å². The third kappa shape index (κ3) is 17.1. The third-order valence-corrected chi connectivity index (χ3v) is 9.81. The van der Waals surface area contributed by atoms with E-state index in [1.165, 1.54) is 26.0 Å². The fourth-order valence-corrected chi connectivity index (χ4v) is 6.31. The van der Waals surface area contributed by atoms with Crippen LogP contribution in [0.15, 0.2) is 35.4 Å². The quantitative estimate of drug-likeness (QED) is 0.0275. The van der Waals surface area contributed by atoms with E-state index in [9.17, 15) is 57.5 Å². The fraction of sp³-hybridized carbons (Fsp3) is 0.450. The van der Waals surface area contributed by atoms with Crippen LogP contribution >= 0.6 is 0 Å². The van der Waals surface area contributed by atoms with Crippen LogP contribution in [0.5, 0.6) is 0 Å². The molecule has 0 heterocycles. The molecule has 0 spiro atoms. The Labute approximate surface area is 376 Å². The molecule has 0 aliphatic heterocycles. The molecule has 0 bridgehead atoms. The molecular weight excluding hydrogens is 873 g/mol. The van der Waals surface area contributed by atoms with Crippen molar-refractivity contribution in [3.05, 3.63) is 46.6 Å². The third-order valence-electron chi connectivity index (χ3n) is 9.81. The van der Waals surface area contributed by atoms with E-state index < -0.39 is 109 Å². The van der Waals surface area contributed by atoms with Gasteiger partial charge in [0.2, 0.25) is 47.3 Å². The number of carbonyl (C=O) groups excluding carboxylic acids is 10. The van der Waals surface area contributed by atoms with Crippen molar-refractivity contribution in [1.82, 2.24) is 42.5 Å². The molecule has 0 radical (unpaired) electrons. The Morgan fingerprint density at radius 3 is 1.24 bits per heavy atom. The molecule has 66 heavy (non-hydrogen) atoms. The van der Waals surface area contributed by atoms with Crippen LogP contribution in [-0.4, -0.2) is 158 Å². The minimum Gasteiger partial charge on any atom is -0.481 e. The van der Waals surface area contributed by atoms with Gasteiger partial charge < -0.3 is 74.8 Å². The maximum atomic E-state index is 12.8. The van der Waals surface area contributed by atoms with E-state index >= 15 is 0 Å². The number of fused-ring (bicyclic) bond motifs is 1. The average Bonchev–Trinajstić information content (AvgIpc) is 3.25. The number of primary amides is 2. The smallest absolute Gasteiger partial charge is 0.305 e. The molecule has 8 amide bonds. The summed E-state index contributed by atoms with van der Waals surface area (Å²) in [5.74, 6) is -9.89. The predicted molar refractivity (Wildman–Crippen MR) is 231 cm³/mol. The molecule has 0 unspecified atom stereocenters. The molecule has 16 N–H and O–H groups in total. The summed E-state index contributed by atoms with van der Waals surface area (Å²) in [6, 6.07) is -1.76. The van der Waals surface area contributed by atoms with Crippen LogP contribution in [0.2, 0.25) is 0 Å². The molecule has 0 saturated carbocycles. The summed E-state index contributed by atoms with van der Waals surface area (Å²) in [6.45, 7) is 2.07. The van der Waals surface area contributed by atoms with Gasteiger partial charge in [-0.15, -0.1) is 0 Å². The second kappa shape index (κ2) is 25.5. The Hall–Kier alpha value is -7.74. The topological polar surface area (TPSA) is 418 Å². The first-order valence-electron chi connectivity index (χ1n) is 20.4. The van der Waals surface area contributed by atoms with Gasteiger partial charge in [-0.1, -0.05) is 0 Å². The largest absolute Gasteiger partial charge is 0.481 e. The molecule has 26 heteroatoms. The van der Waals surface area contributed by atoms with Crippen molar-refractivity contribution in [2.45, 2.75) is 63.7 Å². The van der Waals surface area contributed by atoms with Gasteiger partial charge in [-0.2, -0.15) is 0 Å². The number of hydrogen-bond donors (Lipinski definition) is 14. The standard InChI is InChI=1S/C40H54N12O14/c1-19(37(41)63)49-39(65)27(13-35(59)60)51-33(57)17-47-31(55)15-43-7-9-45-25-3-4-26(22-12-24-23(11-21(22)25)29(53)5-6-30(24)54)46-10-8-44-16-32(56)48-18-34(58)52-28(14-36(61)62)40(66)50-20(2)38(42)64/h3-6,19-20,27-28,43-46H,7-18H2,1-2H3,(H2,41,63)(H2,42,64)(H,47,55)(H,48,56)(H,49,65)(H,50,66)(H,51,57)(H,52,58)(H,59,60)(H,61,62)/t19-,20-,27-,28-/m0/s1. The van der Waals surface area contributed by atoms with Crippen molar-refractivity contribution in [2.24, 2.45) is 11.5 Å². The monoisotopic (exact) mass is 926 g/mol. The zero-order valence-corrected chi connectivity index (χ0v) is 36.1. The lowest BCUT2D eigenvalue weighted by atomic mass is 9.79. The number of carbonyl (C=O) groups is 12. The van der Waals surface area contributed by atoms with Crippen LogP contribution in [0.3, 0.4) is 0 Å². The van der Waals surface area contributed by atoms with Gasteiger partial charge in [-0.05, 0) is 49.3 Å². The summed E-state index contributed by atoms with van der Waals surface area (Å²) in [5.41, 5.74) is 13.8. The highest BCUT2D eigenvalue weighted by Gasteiger charge is 2.31. The minimum atomic E-state index is -1.54. The van der Waals surface area contributed by atoms with Crippen molar-refractivity contribution in [3.8, 4) is 0 Å². The van der Waals surface area contributed by atoms with E-state index in [1.54, 1.807) is 12.1 Å². The molecular formula is C40H54N12O14. The molecule has 2 aliphatic carbocycles. The van der Waals surface area contributed by atoms with Gasteiger partial charge in [-0.25, -0.2) is 0 Å². The number of anilines is 2. The van der Waals surface area contributed by atoms with Gasteiger partial charge in [0.25, 0.3) is 0 Å². The highest BCUT2D eigenvalue weighted by molar-refractivity contribution is 6.21. The molecule has 0 aromatic heterocycles. The van der Waals surface area contributed by atoms with Gasteiger partial charge in [0, 0.05) is 61.5 Å². The first-order chi connectivity index (χ1) is 31.2. The number of benzene rings is 1. The summed E-state index contributed by atoms with van der Waals surface area (Å²) >= 11 is 0. The molecule has 1 aromatic rings. The number of carboxylic acid groups (broad SMARTS) is 2. The first-order valence-corrected chi connectivity index (χ1v) is 20.4. The Balaban J connectivity index is 1.49. The van der Waals surface area contributed by atoms with Gasteiger partial charge in [0.1, 0.15) is 24.2 Å². The number of ketones is 2. The normalized spacial score (nSPS) is 14.5. The van der Waals surface area contributed by atoms with Crippen LogP contribution in [-0.2, 0) is 70.4 Å². The van der Waals surface area contributed by atoms with Crippen molar-refractivity contribution in [1.29, 1.82) is 0 Å². The number of allylic oxidation sites excluding steroid dienone is 4. The van der Waals surface area contributed by atoms with Crippen LogP contribution < -0.4 is 64.6 Å². The van der Waals surface area contributed by atoms with E-state index in [2.05, 4.69) is 53.2 Å². The zero-order chi connectivity index (χ0) is 49.1. The highest BCUT2D eigenvalue weighted by atomic mass is 16.4. The molecule has 1 aromatic carbocycles. The number of carboxylic acids is 2. The lowest BCUT2D eigenvalue weighted by Crippen LogP contribution is -2.54. The van der Waals surface area contributed by atoms with Crippen molar-refractivity contribution in [3.63, 3.8) is 0 Å². The number of amides is 8. The summed E-state index contributed by atoms with van der Waals surface area (Å²) in [6.07, 6.45) is 1.21. The van der Waals surface area contributed by atoms with E-state index in [0.717, 1.165) is 11.1 Å². The summed E-state index contributed by atoms with van der Waals surface area (Å²) < 4.78 is 0. The Morgan fingerprint density at radius 1 is 0.545 bits per heavy atom. The van der Waals surface area contributed by atoms with E-state index in [1.807, 2.05) is 0 Å². The molecule has 0 saturated heterocycles. The SMILES string of the molecule is C[C@H](NC(=O)[C@H](CC(=O)O)NC(=O)CNC(=O)CNCCNc1ccc(NCCNCC(=O)NCC(=O)N[C@@H](CC(=O)O)C(=O)N[C@@H](C)C(N)=O)c2c1CC1=C(C2)C(=O)C=CC1=O)C(N)=O. The Bertz CT molecular complexity index is 2030. The van der Waals surface area contributed by atoms with Crippen LogP contribution in [0.4, 0.5) is 11.4 Å². The lowest BCUT2D eigenvalue weighted by molar-refractivity contribution is -0.141. The van der Waals surface area contributed by atoms with Crippen LogP contribution in [0.25, 0.3) is 0 Å². The fourth-order valence-electron chi connectivity index (χ4n) is 6.31. The van der Waals surface area contributed by atoms with Crippen LogP contribution in [0.1, 0.15) is 37.8 Å². The number of nitrogens with one attached hydrogen (secondary N) is 10. The van der Waals surface area contributed by atoms with Crippen molar-refractivity contribution in [2.75, 3.05) is 63.0 Å². The second-order valence-corrected chi connectivity index (χ2v) is 15.0. The number of aliphatic carboxylic acids is 2. The maximum absolute atomic E-state index is 12.8. The Morgan fingerprint density at radius 2 is 0.909 bits per heavy atom. The lowest BCUT2D eigenvalue weighted by Gasteiger charge is -2.27. The van der Waals surface area contributed by atoms with E-state index in [0.29, 0.717) is 35.6 Å². The Kier molecular flexibility index (Phi) is 20.3. The maximum Gasteiger partial charge on any atom is 0.305 e. The highest BCUT2D eigenvalue weighted by Crippen LogP contribution is 2.38. The number of rotatable bonds is 28. The zero-order valence-electron chi connectivity index (χ0n) is 36.1. The van der Waals surface area contributed by atoms with Crippen molar-refractivity contribution < 1.29 is 67.7 Å². The summed E-state index contributed by atoms with van der Waals surface area (Å²) in [5, 5.41) is 44.1. The molecule has 3 rings (SSSR count). The number of nitrogens with two attached hydrogens (primary N) is 2. The number of hydrogen-bond acceptors (Lipinski definition) is 16. The van der Waals surface area contributed by atoms with Gasteiger partial charge in [-0.3, -0.25) is 57.5 Å². The molecule has 26 nitrogen and oxygen atoms in total. The molecule has 4 atom stereocenters. The predicted octanol–water partition coefficient (Wildman–Crippen LogP) is -6.08. The van der Waals surface area contributed by atoms with E-state index in [-0.39, 0.29) is 50.6 Å². The first kappa shape index (κ1) is 52.6. The van der Waals surface area contributed by atoms with Crippen molar-refractivity contribution >= 4 is 82.1 Å². The van der Waals surface area contributed by atoms with Gasteiger partial charge in [0.15, 0.2) is 11.6 Å². The molecule has 358 valence electrons. The summed E-state index contributed by atoms with van der Waals surface area (Å²) in [4.78, 5) is 145. The average molecular weight is 927 g/mol. The molecule has 2 aliphatic rings. The molecule has 0 fully saturated rings. The second-order valence-electron chi connectivity index (χ2n) is 15.0. The van der Waals surface area contributed by atoms with Crippen LogP contribution in [0, 0.1) is 0 Å².